The number of carboxylic acids is 1. The van der Waals surface area contributed by atoms with Crippen molar-refractivity contribution in [2.24, 2.45) is 0 Å². The SMILES string of the molecule is CC(=O)c1c(C(=O)NC(CC(=O)c2c(Cl)cc(C(=O)CCc3cccc(O)c3)cc2Cl)C(=O)O)[nH]c2ccccc12. The number of aromatic hydroxyl groups is 1. The fourth-order valence-corrected chi connectivity index (χ4v) is 5.21. The molecular formula is C30H24Cl2N2O7. The van der Waals surface area contributed by atoms with E-state index in [1.165, 1.54) is 25.1 Å². The van der Waals surface area contributed by atoms with Gasteiger partial charge in [-0.25, -0.2) is 4.79 Å². The molecule has 0 aliphatic heterocycles. The third-order valence-corrected chi connectivity index (χ3v) is 7.07. The molecule has 3 aromatic carbocycles. The van der Waals surface area contributed by atoms with Crippen LogP contribution in [0, 0.1) is 0 Å². The van der Waals surface area contributed by atoms with E-state index in [9.17, 15) is 34.2 Å². The minimum absolute atomic E-state index is 0.0837. The third-order valence-electron chi connectivity index (χ3n) is 6.47. The Kier molecular flexibility index (Phi) is 8.90. The van der Waals surface area contributed by atoms with Crippen LogP contribution in [0.4, 0.5) is 0 Å². The number of para-hydroxylation sites is 1. The molecule has 1 heterocycles. The van der Waals surface area contributed by atoms with Gasteiger partial charge in [-0.05, 0) is 49.2 Å². The number of halogens is 2. The van der Waals surface area contributed by atoms with E-state index in [0.717, 1.165) is 5.56 Å². The van der Waals surface area contributed by atoms with E-state index in [2.05, 4.69) is 10.3 Å². The minimum Gasteiger partial charge on any atom is -0.508 e. The Morgan fingerprint density at radius 1 is 0.902 bits per heavy atom. The van der Waals surface area contributed by atoms with Gasteiger partial charge in [0.15, 0.2) is 17.3 Å². The Labute approximate surface area is 244 Å². The first-order valence-corrected chi connectivity index (χ1v) is 13.2. The predicted octanol–water partition coefficient (Wildman–Crippen LogP) is 5.65. The fourth-order valence-electron chi connectivity index (χ4n) is 4.51. The topological polar surface area (TPSA) is 154 Å². The van der Waals surface area contributed by atoms with Gasteiger partial charge in [-0.1, -0.05) is 53.5 Å². The van der Waals surface area contributed by atoms with Gasteiger partial charge >= 0.3 is 5.97 Å². The van der Waals surface area contributed by atoms with Gasteiger partial charge < -0.3 is 20.5 Å². The molecule has 0 aliphatic rings. The number of Topliss-reactive ketones (excluding diaryl/α,β-unsaturated/α-hetero) is 3. The maximum atomic E-state index is 13.1. The van der Waals surface area contributed by atoms with Gasteiger partial charge in [-0.2, -0.15) is 0 Å². The largest absolute Gasteiger partial charge is 0.508 e. The Morgan fingerprint density at radius 3 is 2.22 bits per heavy atom. The summed E-state index contributed by atoms with van der Waals surface area (Å²) < 4.78 is 0. The van der Waals surface area contributed by atoms with Crippen molar-refractivity contribution in [3.8, 4) is 5.75 Å². The lowest BCUT2D eigenvalue weighted by molar-refractivity contribution is -0.139. The van der Waals surface area contributed by atoms with Crippen LogP contribution < -0.4 is 5.32 Å². The quantitative estimate of drug-likeness (QED) is 0.163. The number of carbonyl (C=O) groups is 5. The zero-order valence-electron chi connectivity index (χ0n) is 21.7. The molecule has 4 rings (SSSR count). The molecule has 11 heteroatoms. The Hall–Kier alpha value is -4.47. The first-order valence-electron chi connectivity index (χ1n) is 12.4. The number of fused-ring (bicyclic) bond motifs is 1. The normalized spacial score (nSPS) is 11.7. The standard InChI is InChI=1S/C30H24Cl2N2O7/c1-15(35)26-19-7-2-3-8-22(19)33-28(26)29(39)34-23(30(40)41)14-25(38)27-20(31)12-17(13-21(27)32)24(37)10-9-16-5-4-6-18(36)11-16/h2-8,11-13,23,33,36H,9-10,14H2,1H3,(H,34,39)(H,40,41). The second kappa shape index (κ2) is 12.4. The number of carboxylic acid groups (broad SMARTS) is 1. The summed E-state index contributed by atoms with van der Waals surface area (Å²) >= 11 is 12.6. The number of rotatable bonds is 11. The second-order valence-corrected chi connectivity index (χ2v) is 10.2. The van der Waals surface area contributed by atoms with Gasteiger partial charge in [0.05, 0.1) is 21.2 Å². The summed E-state index contributed by atoms with van der Waals surface area (Å²) in [6.07, 6.45) is -0.252. The van der Waals surface area contributed by atoms with Crippen molar-refractivity contribution in [1.82, 2.24) is 10.3 Å². The van der Waals surface area contributed by atoms with Gasteiger partial charge in [0, 0.05) is 29.3 Å². The van der Waals surface area contributed by atoms with E-state index in [0.29, 0.717) is 17.3 Å². The number of aromatic nitrogens is 1. The number of amides is 1. The number of aliphatic carboxylic acids is 1. The van der Waals surface area contributed by atoms with Crippen molar-refractivity contribution in [3.63, 3.8) is 0 Å². The number of hydrogen-bond donors (Lipinski definition) is 4. The summed E-state index contributed by atoms with van der Waals surface area (Å²) in [4.78, 5) is 66.0. The summed E-state index contributed by atoms with van der Waals surface area (Å²) in [5.41, 5.74) is 1.22. The highest BCUT2D eigenvalue weighted by atomic mass is 35.5. The minimum atomic E-state index is -1.67. The molecule has 0 saturated carbocycles. The van der Waals surface area contributed by atoms with E-state index in [1.54, 1.807) is 42.5 Å². The van der Waals surface area contributed by atoms with E-state index < -0.39 is 35.9 Å². The number of carbonyl (C=O) groups excluding carboxylic acids is 4. The van der Waals surface area contributed by atoms with Gasteiger partial charge in [0.1, 0.15) is 17.5 Å². The van der Waals surface area contributed by atoms with E-state index in [4.69, 9.17) is 23.2 Å². The molecule has 210 valence electrons. The van der Waals surface area contributed by atoms with E-state index in [-0.39, 0.29) is 50.4 Å². The lowest BCUT2D eigenvalue weighted by Crippen LogP contribution is -2.42. The van der Waals surface area contributed by atoms with Crippen LogP contribution in [0.25, 0.3) is 10.9 Å². The predicted molar refractivity (Wildman–Crippen MR) is 153 cm³/mol. The number of aromatic amines is 1. The Morgan fingerprint density at radius 2 is 1.59 bits per heavy atom. The second-order valence-electron chi connectivity index (χ2n) is 9.38. The van der Waals surface area contributed by atoms with Crippen molar-refractivity contribution >= 4 is 63.3 Å². The molecule has 41 heavy (non-hydrogen) atoms. The number of phenols is 1. The monoisotopic (exact) mass is 594 g/mol. The highest BCUT2D eigenvalue weighted by Gasteiger charge is 2.29. The molecule has 4 N–H and O–H groups in total. The van der Waals surface area contributed by atoms with Crippen LogP contribution in [0.5, 0.6) is 5.75 Å². The molecule has 1 aromatic heterocycles. The summed E-state index contributed by atoms with van der Waals surface area (Å²) in [6, 6.07) is 14.1. The number of phenolic OH excluding ortho intramolecular Hbond substituents is 1. The van der Waals surface area contributed by atoms with Gasteiger partial charge in [0.25, 0.3) is 5.91 Å². The third kappa shape index (κ3) is 6.65. The van der Waals surface area contributed by atoms with Crippen LogP contribution in [0.1, 0.15) is 66.9 Å². The van der Waals surface area contributed by atoms with E-state index in [1.807, 2.05) is 0 Å². The summed E-state index contributed by atoms with van der Waals surface area (Å²) in [6.45, 7) is 1.29. The van der Waals surface area contributed by atoms with Crippen molar-refractivity contribution in [1.29, 1.82) is 0 Å². The van der Waals surface area contributed by atoms with E-state index >= 15 is 0 Å². The van der Waals surface area contributed by atoms with Crippen molar-refractivity contribution in [3.05, 3.63) is 98.7 Å². The molecular weight excluding hydrogens is 571 g/mol. The van der Waals surface area contributed by atoms with Crippen LogP contribution in [0.15, 0.2) is 60.7 Å². The van der Waals surface area contributed by atoms with Crippen LogP contribution >= 0.6 is 23.2 Å². The molecule has 0 radical (unpaired) electrons. The van der Waals surface area contributed by atoms with Crippen molar-refractivity contribution in [2.75, 3.05) is 0 Å². The lowest BCUT2D eigenvalue weighted by atomic mass is 9.98. The molecule has 0 bridgehead atoms. The molecule has 0 saturated heterocycles. The highest BCUT2D eigenvalue weighted by molar-refractivity contribution is 6.40. The van der Waals surface area contributed by atoms with Gasteiger partial charge in [-0.3, -0.25) is 19.2 Å². The van der Waals surface area contributed by atoms with Gasteiger partial charge in [-0.15, -0.1) is 0 Å². The number of aryl methyl sites for hydroxylation is 1. The Bertz CT molecular complexity index is 1690. The average molecular weight is 595 g/mol. The zero-order chi connectivity index (χ0) is 29.8. The molecule has 1 atom stereocenters. The average Bonchev–Trinajstić information content (AvgIpc) is 3.31. The zero-order valence-corrected chi connectivity index (χ0v) is 23.2. The summed E-state index contributed by atoms with van der Waals surface area (Å²) in [7, 11) is 0. The van der Waals surface area contributed by atoms with Gasteiger partial charge in [0.2, 0.25) is 0 Å². The lowest BCUT2D eigenvalue weighted by Gasteiger charge is -2.15. The first-order chi connectivity index (χ1) is 19.5. The van der Waals surface area contributed by atoms with Crippen LogP contribution in [0.3, 0.4) is 0 Å². The maximum absolute atomic E-state index is 13.1. The molecule has 9 nitrogen and oxygen atoms in total. The highest BCUT2D eigenvalue weighted by Crippen LogP contribution is 2.30. The molecule has 0 aliphatic carbocycles. The maximum Gasteiger partial charge on any atom is 0.326 e. The molecule has 0 spiro atoms. The number of benzene rings is 3. The molecule has 1 amide bonds. The number of nitrogens with one attached hydrogen (secondary N) is 2. The first kappa shape index (κ1) is 29.5. The summed E-state index contributed by atoms with van der Waals surface area (Å²) in [5.74, 6) is -3.75. The summed E-state index contributed by atoms with van der Waals surface area (Å²) in [5, 5.41) is 21.8. The fraction of sp³-hybridized carbons (Fsp3) is 0.167. The van der Waals surface area contributed by atoms with Crippen LogP contribution in [-0.4, -0.2) is 50.5 Å². The molecule has 1 unspecified atom stereocenters. The number of ketones is 3. The van der Waals surface area contributed by atoms with Crippen molar-refractivity contribution in [2.45, 2.75) is 32.2 Å². The number of hydrogen-bond acceptors (Lipinski definition) is 6. The smallest absolute Gasteiger partial charge is 0.326 e. The van der Waals surface area contributed by atoms with Crippen LogP contribution in [-0.2, 0) is 11.2 Å². The Balaban J connectivity index is 1.50. The molecule has 4 aromatic rings. The number of H-pyrrole nitrogens is 1. The molecule has 0 fully saturated rings. The van der Waals surface area contributed by atoms with Crippen molar-refractivity contribution < 1.29 is 34.2 Å². The van der Waals surface area contributed by atoms with Crippen LogP contribution in [0.2, 0.25) is 10.0 Å².